The molecule has 1 aliphatic heterocycles. The van der Waals surface area contributed by atoms with Gasteiger partial charge < -0.3 is 19.7 Å². The Morgan fingerprint density at radius 2 is 1.86 bits per heavy atom. The van der Waals surface area contributed by atoms with E-state index in [1.807, 2.05) is 45.0 Å². The minimum Gasteiger partial charge on any atom is -0.497 e. The van der Waals surface area contributed by atoms with E-state index in [1.165, 1.54) is 0 Å². The zero-order chi connectivity index (χ0) is 20.6. The number of hydrogen-bond donors (Lipinski definition) is 1. The maximum atomic E-state index is 12.1. The number of nitrogens with one attached hydrogen (secondary N) is 1. The summed E-state index contributed by atoms with van der Waals surface area (Å²) in [5.74, 6) is 0.860. The first-order chi connectivity index (χ1) is 13.3. The minimum absolute atomic E-state index is 0.0511. The van der Waals surface area contributed by atoms with Crippen LogP contribution in [-0.2, 0) is 16.0 Å². The molecule has 1 heterocycles. The van der Waals surface area contributed by atoms with Gasteiger partial charge in [-0.3, -0.25) is 9.69 Å². The quantitative estimate of drug-likeness (QED) is 0.772. The SMILES string of the molecule is COc1cccc(CCC(=O)NCCN2CCN(C(=O)OC(C)(C)C)CC2)c1. The van der Waals surface area contributed by atoms with Crippen molar-refractivity contribution < 1.29 is 19.1 Å². The van der Waals surface area contributed by atoms with E-state index in [-0.39, 0.29) is 12.0 Å². The molecule has 156 valence electrons. The minimum atomic E-state index is -0.469. The Bertz CT molecular complexity index is 649. The number of hydrogen-bond acceptors (Lipinski definition) is 5. The van der Waals surface area contributed by atoms with E-state index in [1.54, 1.807) is 12.0 Å². The van der Waals surface area contributed by atoms with Crippen LogP contribution in [0.15, 0.2) is 24.3 Å². The number of carbonyl (C=O) groups is 2. The van der Waals surface area contributed by atoms with E-state index in [0.29, 0.717) is 32.5 Å². The van der Waals surface area contributed by atoms with Gasteiger partial charge in [0.2, 0.25) is 5.91 Å². The molecule has 28 heavy (non-hydrogen) atoms. The third-order valence-electron chi connectivity index (χ3n) is 4.55. The van der Waals surface area contributed by atoms with Crippen molar-refractivity contribution in [2.75, 3.05) is 46.4 Å². The molecule has 0 atom stereocenters. The predicted molar refractivity (Wildman–Crippen MR) is 109 cm³/mol. The lowest BCUT2D eigenvalue weighted by Gasteiger charge is -2.35. The molecule has 2 rings (SSSR count). The Morgan fingerprint density at radius 1 is 1.14 bits per heavy atom. The molecule has 1 fully saturated rings. The average Bonchev–Trinajstić information content (AvgIpc) is 2.65. The van der Waals surface area contributed by atoms with Crippen molar-refractivity contribution in [2.45, 2.75) is 39.2 Å². The number of carbonyl (C=O) groups excluding carboxylic acids is 2. The normalized spacial score (nSPS) is 15.2. The van der Waals surface area contributed by atoms with Crippen LogP contribution in [0.25, 0.3) is 0 Å². The van der Waals surface area contributed by atoms with Crippen LogP contribution in [0.3, 0.4) is 0 Å². The first-order valence-electron chi connectivity index (χ1n) is 9.87. The lowest BCUT2D eigenvalue weighted by molar-refractivity contribution is -0.121. The summed E-state index contributed by atoms with van der Waals surface area (Å²) in [6, 6.07) is 7.78. The molecule has 7 nitrogen and oxygen atoms in total. The van der Waals surface area contributed by atoms with E-state index >= 15 is 0 Å². The van der Waals surface area contributed by atoms with E-state index in [2.05, 4.69) is 10.2 Å². The van der Waals surface area contributed by atoms with Crippen molar-refractivity contribution in [3.63, 3.8) is 0 Å². The maximum absolute atomic E-state index is 12.1. The van der Waals surface area contributed by atoms with Crippen molar-refractivity contribution in [1.29, 1.82) is 0 Å². The van der Waals surface area contributed by atoms with Gasteiger partial charge in [-0.2, -0.15) is 0 Å². The van der Waals surface area contributed by atoms with Crippen molar-refractivity contribution in [2.24, 2.45) is 0 Å². The van der Waals surface area contributed by atoms with Gasteiger partial charge in [-0.25, -0.2) is 4.79 Å². The summed E-state index contributed by atoms with van der Waals surface area (Å²) < 4.78 is 10.6. The van der Waals surface area contributed by atoms with Crippen molar-refractivity contribution in [3.05, 3.63) is 29.8 Å². The average molecular weight is 392 g/mol. The third kappa shape index (κ3) is 7.76. The lowest BCUT2D eigenvalue weighted by Crippen LogP contribution is -2.51. The standard InChI is InChI=1S/C21H33N3O4/c1-21(2,3)28-20(26)24-14-12-23(13-15-24)11-10-22-19(25)9-8-17-6-5-7-18(16-17)27-4/h5-7,16H,8-15H2,1-4H3,(H,22,25). The van der Waals surface area contributed by atoms with Gasteiger partial charge in [-0.05, 0) is 44.9 Å². The zero-order valence-electron chi connectivity index (χ0n) is 17.5. The van der Waals surface area contributed by atoms with Crippen LogP contribution in [0.2, 0.25) is 0 Å². The van der Waals surface area contributed by atoms with Gasteiger partial charge in [0.1, 0.15) is 11.4 Å². The largest absolute Gasteiger partial charge is 0.497 e. The fraction of sp³-hybridized carbons (Fsp3) is 0.619. The molecule has 2 amide bonds. The number of methoxy groups -OCH3 is 1. The van der Waals surface area contributed by atoms with Crippen LogP contribution in [0.5, 0.6) is 5.75 Å². The molecule has 0 aromatic heterocycles. The molecular weight excluding hydrogens is 358 g/mol. The molecule has 0 radical (unpaired) electrons. The number of benzene rings is 1. The summed E-state index contributed by atoms with van der Waals surface area (Å²) in [5.41, 5.74) is 0.622. The Morgan fingerprint density at radius 3 is 2.50 bits per heavy atom. The van der Waals surface area contributed by atoms with Gasteiger partial charge in [-0.15, -0.1) is 0 Å². The predicted octanol–water partition coefficient (Wildman–Crippen LogP) is 2.30. The second kappa shape index (κ2) is 10.3. The summed E-state index contributed by atoms with van der Waals surface area (Å²) >= 11 is 0. The highest BCUT2D eigenvalue weighted by molar-refractivity contribution is 5.76. The Balaban J connectivity index is 1.61. The smallest absolute Gasteiger partial charge is 0.410 e. The van der Waals surface area contributed by atoms with Gasteiger partial charge in [0.15, 0.2) is 0 Å². The van der Waals surface area contributed by atoms with Gasteiger partial charge in [-0.1, -0.05) is 12.1 Å². The molecular formula is C21H33N3O4. The summed E-state index contributed by atoms with van der Waals surface area (Å²) in [4.78, 5) is 28.1. The fourth-order valence-electron chi connectivity index (χ4n) is 3.01. The second-order valence-electron chi connectivity index (χ2n) is 8.01. The summed E-state index contributed by atoms with van der Waals surface area (Å²) in [6.45, 7) is 9.90. The molecule has 7 heteroatoms. The summed E-state index contributed by atoms with van der Waals surface area (Å²) in [5, 5.41) is 2.98. The maximum Gasteiger partial charge on any atom is 0.410 e. The highest BCUT2D eigenvalue weighted by Gasteiger charge is 2.25. The molecule has 0 saturated carbocycles. The Kier molecular flexibility index (Phi) is 8.11. The summed E-state index contributed by atoms with van der Waals surface area (Å²) in [6.07, 6.45) is 0.898. The van der Waals surface area contributed by atoms with E-state index in [0.717, 1.165) is 30.9 Å². The summed E-state index contributed by atoms with van der Waals surface area (Å²) in [7, 11) is 1.64. The van der Waals surface area contributed by atoms with Crippen molar-refractivity contribution >= 4 is 12.0 Å². The number of rotatable bonds is 7. The molecule has 1 aromatic carbocycles. The van der Waals surface area contributed by atoms with E-state index in [4.69, 9.17) is 9.47 Å². The fourth-order valence-corrected chi connectivity index (χ4v) is 3.01. The molecule has 0 bridgehead atoms. The Labute approximate surface area is 168 Å². The zero-order valence-corrected chi connectivity index (χ0v) is 17.5. The van der Waals surface area contributed by atoms with Crippen LogP contribution in [0, 0.1) is 0 Å². The van der Waals surface area contributed by atoms with Gasteiger partial charge in [0, 0.05) is 45.7 Å². The molecule has 0 unspecified atom stereocenters. The number of ether oxygens (including phenoxy) is 2. The molecule has 1 aromatic rings. The van der Waals surface area contributed by atoms with Gasteiger partial charge >= 0.3 is 6.09 Å². The monoisotopic (exact) mass is 391 g/mol. The Hall–Kier alpha value is -2.28. The van der Waals surface area contributed by atoms with Crippen LogP contribution in [0.1, 0.15) is 32.8 Å². The van der Waals surface area contributed by atoms with E-state index in [9.17, 15) is 9.59 Å². The van der Waals surface area contributed by atoms with Gasteiger partial charge in [0.25, 0.3) is 0 Å². The number of piperazine rings is 1. The number of amides is 2. The lowest BCUT2D eigenvalue weighted by atomic mass is 10.1. The first-order valence-corrected chi connectivity index (χ1v) is 9.87. The first kappa shape index (κ1) is 22.0. The topological polar surface area (TPSA) is 71.1 Å². The van der Waals surface area contributed by atoms with Crippen LogP contribution >= 0.6 is 0 Å². The molecule has 0 spiro atoms. The van der Waals surface area contributed by atoms with Crippen LogP contribution in [-0.4, -0.2) is 73.8 Å². The van der Waals surface area contributed by atoms with Crippen molar-refractivity contribution in [3.8, 4) is 5.75 Å². The molecule has 1 N–H and O–H groups in total. The van der Waals surface area contributed by atoms with Crippen molar-refractivity contribution in [1.82, 2.24) is 15.1 Å². The molecule has 1 saturated heterocycles. The highest BCUT2D eigenvalue weighted by Crippen LogP contribution is 2.14. The van der Waals surface area contributed by atoms with Crippen LogP contribution in [0.4, 0.5) is 4.79 Å². The van der Waals surface area contributed by atoms with Crippen LogP contribution < -0.4 is 10.1 Å². The van der Waals surface area contributed by atoms with Gasteiger partial charge in [0.05, 0.1) is 7.11 Å². The number of aryl methyl sites for hydroxylation is 1. The van der Waals surface area contributed by atoms with E-state index < -0.39 is 5.60 Å². The molecule has 0 aliphatic carbocycles. The highest BCUT2D eigenvalue weighted by atomic mass is 16.6. The molecule has 1 aliphatic rings. The third-order valence-corrected chi connectivity index (χ3v) is 4.55. The number of nitrogens with zero attached hydrogens (tertiary/aromatic N) is 2. The second-order valence-corrected chi connectivity index (χ2v) is 8.01.